The van der Waals surface area contributed by atoms with Crippen LogP contribution in [0.4, 0.5) is 0 Å². The Labute approximate surface area is 198 Å². The molecule has 1 aliphatic heterocycles. The van der Waals surface area contributed by atoms with Crippen LogP contribution < -0.4 is 5.32 Å². The van der Waals surface area contributed by atoms with Crippen molar-refractivity contribution in [2.24, 2.45) is 4.99 Å². The number of furan rings is 1. The minimum atomic E-state index is -3.29. The van der Waals surface area contributed by atoms with Crippen LogP contribution in [-0.2, 0) is 21.2 Å². The summed E-state index contributed by atoms with van der Waals surface area (Å²) >= 11 is 0. The predicted octanol–water partition coefficient (Wildman–Crippen LogP) is 2.56. The molecule has 1 aromatic rings. The van der Waals surface area contributed by atoms with Crippen LogP contribution in [0.25, 0.3) is 0 Å². The smallest absolute Gasteiger partial charge is 0.216 e. The minimum Gasteiger partial charge on any atom is -0.469 e. The van der Waals surface area contributed by atoms with Crippen molar-refractivity contribution in [2.45, 2.75) is 46.1 Å². The van der Waals surface area contributed by atoms with Crippen molar-refractivity contribution < 1.29 is 17.6 Å². The minimum absolute atomic E-state index is 0. The van der Waals surface area contributed by atoms with Crippen LogP contribution >= 0.6 is 24.0 Å². The lowest BCUT2D eigenvalue weighted by atomic mass is 10.3. The van der Waals surface area contributed by atoms with Crippen LogP contribution in [0.1, 0.15) is 39.4 Å². The summed E-state index contributed by atoms with van der Waals surface area (Å²) in [5, 5.41) is 3.41. The van der Waals surface area contributed by atoms with E-state index in [9.17, 15) is 8.42 Å². The van der Waals surface area contributed by atoms with Crippen molar-refractivity contribution in [3.8, 4) is 0 Å². The molecule has 2 heterocycles. The molecule has 1 saturated heterocycles. The maximum Gasteiger partial charge on any atom is 0.216 e. The van der Waals surface area contributed by atoms with Crippen LogP contribution in [0.5, 0.6) is 0 Å². The molecule has 0 unspecified atom stereocenters. The van der Waals surface area contributed by atoms with Crippen LogP contribution in [0.3, 0.4) is 0 Å². The fraction of sp³-hybridized carbons (Fsp3) is 0.750. The molecule has 0 radical (unpaired) electrons. The van der Waals surface area contributed by atoms with Gasteiger partial charge in [-0.2, -0.15) is 4.31 Å². The summed E-state index contributed by atoms with van der Waals surface area (Å²) in [5.74, 6) is 1.82. The molecule has 0 aliphatic carbocycles. The Morgan fingerprint density at radius 1 is 1.30 bits per heavy atom. The molecule has 1 aliphatic rings. The maximum atomic E-state index is 12.5. The standard InChI is InChI=1S/C20H36N4O4S.HI/c1-4-5-9-21-20(22-10-8-19-7-6-15-28-19)23-11-13-24(14-12-23)29(25,26)17-16-27-18(2)3;/h6-7,15,18H,4-5,8-14,16-17H2,1-3H3,(H,21,22);1H. The second kappa shape index (κ2) is 14.3. The van der Waals surface area contributed by atoms with Crippen molar-refractivity contribution in [3.05, 3.63) is 24.2 Å². The molecular formula is C20H37IN4O4S. The van der Waals surface area contributed by atoms with E-state index in [1.54, 1.807) is 10.6 Å². The van der Waals surface area contributed by atoms with Gasteiger partial charge in [-0.05, 0) is 32.4 Å². The fourth-order valence-electron chi connectivity index (χ4n) is 3.06. The number of guanidine groups is 1. The molecule has 1 N–H and O–H groups in total. The van der Waals surface area contributed by atoms with Gasteiger partial charge in [0.05, 0.1) is 24.7 Å². The van der Waals surface area contributed by atoms with Crippen LogP contribution in [-0.4, -0.2) is 81.3 Å². The molecule has 1 aromatic heterocycles. The molecule has 0 amide bonds. The maximum absolute atomic E-state index is 12.5. The van der Waals surface area contributed by atoms with Gasteiger partial charge in [0.2, 0.25) is 10.0 Å². The number of unbranched alkanes of at least 4 members (excludes halogenated alkanes) is 1. The lowest BCUT2D eigenvalue weighted by Crippen LogP contribution is -2.54. The van der Waals surface area contributed by atoms with Crippen molar-refractivity contribution >= 4 is 40.0 Å². The predicted molar refractivity (Wildman–Crippen MR) is 131 cm³/mol. The molecule has 0 aromatic carbocycles. The molecule has 0 saturated carbocycles. The molecule has 30 heavy (non-hydrogen) atoms. The van der Waals surface area contributed by atoms with Crippen LogP contribution in [0.15, 0.2) is 27.8 Å². The summed E-state index contributed by atoms with van der Waals surface area (Å²) < 4.78 is 37.4. The highest BCUT2D eigenvalue weighted by atomic mass is 127. The van der Waals surface area contributed by atoms with E-state index in [0.717, 1.165) is 44.1 Å². The molecule has 2 rings (SSSR count). The summed E-state index contributed by atoms with van der Waals surface area (Å²) in [4.78, 5) is 6.87. The average Bonchev–Trinajstić information content (AvgIpc) is 3.20. The van der Waals surface area contributed by atoms with E-state index in [4.69, 9.17) is 14.1 Å². The third-order valence-electron chi connectivity index (χ3n) is 4.73. The second-order valence-electron chi connectivity index (χ2n) is 7.44. The third kappa shape index (κ3) is 9.52. The number of ether oxygens (including phenoxy) is 1. The zero-order chi connectivity index (χ0) is 21.1. The third-order valence-corrected chi connectivity index (χ3v) is 6.57. The normalized spacial score (nSPS) is 16.0. The first kappa shape index (κ1) is 27.2. The Kier molecular flexibility index (Phi) is 12.9. The van der Waals surface area contributed by atoms with Gasteiger partial charge >= 0.3 is 0 Å². The van der Waals surface area contributed by atoms with E-state index in [1.165, 1.54) is 0 Å². The van der Waals surface area contributed by atoms with Gasteiger partial charge < -0.3 is 19.4 Å². The van der Waals surface area contributed by atoms with E-state index in [-0.39, 0.29) is 42.4 Å². The lowest BCUT2D eigenvalue weighted by Gasteiger charge is -2.36. The molecule has 0 atom stereocenters. The number of halogens is 1. The van der Waals surface area contributed by atoms with E-state index >= 15 is 0 Å². The number of hydrogen-bond donors (Lipinski definition) is 1. The molecule has 0 spiro atoms. The van der Waals surface area contributed by atoms with Gasteiger partial charge in [-0.3, -0.25) is 4.99 Å². The van der Waals surface area contributed by atoms with Crippen molar-refractivity contribution in [3.63, 3.8) is 0 Å². The van der Waals surface area contributed by atoms with Gasteiger partial charge in [0.25, 0.3) is 0 Å². The van der Waals surface area contributed by atoms with Gasteiger partial charge in [0, 0.05) is 45.7 Å². The molecule has 8 nitrogen and oxygen atoms in total. The summed E-state index contributed by atoms with van der Waals surface area (Å²) in [6.07, 6.45) is 4.62. The number of piperazine rings is 1. The van der Waals surface area contributed by atoms with Crippen LogP contribution in [0.2, 0.25) is 0 Å². The van der Waals surface area contributed by atoms with Crippen molar-refractivity contribution in [1.82, 2.24) is 14.5 Å². The van der Waals surface area contributed by atoms with Crippen molar-refractivity contribution in [2.75, 3.05) is 51.6 Å². The monoisotopic (exact) mass is 556 g/mol. The highest BCUT2D eigenvalue weighted by Crippen LogP contribution is 2.09. The highest BCUT2D eigenvalue weighted by molar-refractivity contribution is 14.0. The van der Waals surface area contributed by atoms with E-state index < -0.39 is 10.0 Å². The summed E-state index contributed by atoms with van der Waals surface area (Å²) in [6, 6.07) is 3.85. The van der Waals surface area contributed by atoms with Gasteiger partial charge in [-0.15, -0.1) is 24.0 Å². The van der Waals surface area contributed by atoms with Crippen molar-refractivity contribution in [1.29, 1.82) is 0 Å². The largest absolute Gasteiger partial charge is 0.469 e. The van der Waals surface area contributed by atoms with Gasteiger partial charge in [-0.1, -0.05) is 13.3 Å². The Morgan fingerprint density at radius 2 is 2.03 bits per heavy atom. The Bertz CT molecular complexity index is 702. The zero-order valence-electron chi connectivity index (χ0n) is 18.4. The molecule has 174 valence electrons. The summed E-state index contributed by atoms with van der Waals surface area (Å²) in [6.45, 7) is 9.88. The molecular weight excluding hydrogens is 519 g/mol. The number of nitrogens with one attached hydrogen (secondary N) is 1. The number of aliphatic imine (C=N–C) groups is 1. The van der Waals surface area contributed by atoms with E-state index in [2.05, 4.69) is 17.1 Å². The summed E-state index contributed by atoms with van der Waals surface area (Å²) in [7, 11) is -3.29. The zero-order valence-corrected chi connectivity index (χ0v) is 21.5. The molecule has 0 bridgehead atoms. The lowest BCUT2D eigenvalue weighted by molar-refractivity contribution is 0.0904. The van der Waals surface area contributed by atoms with Crippen LogP contribution in [0, 0.1) is 0 Å². The van der Waals surface area contributed by atoms with E-state index in [0.29, 0.717) is 26.2 Å². The molecule has 10 heteroatoms. The topological polar surface area (TPSA) is 87.4 Å². The number of rotatable bonds is 11. The first-order chi connectivity index (χ1) is 13.9. The molecule has 1 fully saturated rings. The first-order valence-corrected chi connectivity index (χ1v) is 12.2. The second-order valence-corrected chi connectivity index (χ2v) is 9.53. The summed E-state index contributed by atoms with van der Waals surface area (Å²) in [5.41, 5.74) is 0. The SMILES string of the molecule is CCCCN=C(NCCc1ccco1)N1CCN(S(=O)(=O)CCOC(C)C)CC1.I. The number of hydrogen-bond acceptors (Lipinski definition) is 5. The Hall–Kier alpha value is -0.850. The average molecular weight is 557 g/mol. The number of nitrogens with zero attached hydrogens (tertiary/aromatic N) is 3. The van der Waals surface area contributed by atoms with E-state index in [1.807, 2.05) is 26.0 Å². The highest BCUT2D eigenvalue weighted by Gasteiger charge is 2.28. The Balaban J connectivity index is 0.00000450. The number of sulfonamides is 1. The van der Waals surface area contributed by atoms with Gasteiger partial charge in [-0.25, -0.2) is 8.42 Å². The van der Waals surface area contributed by atoms with Gasteiger partial charge in [0.1, 0.15) is 5.76 Å². The fourth-order valence-corrected chi connectivity index (χ4v) is 4.34. The Morgan fingerprint density at radius 3 is 2.63 bits per heavy atom. The first-order valence-electron chi connectivity index (χ1n) is 10.6. The van der Waals surface area contributed by atoms with Gasteiger partial charge in [0.15, 0.2) is 5.96 Å². The quantitative estimate of drug-likeness (QED) is 0.195.